The lowest BCUT2D eigenvalue weighted by atomic mass is 10.0. The predicted molar refractivity (Wildman–Crippen MR) is 64.7 cm³/mol. The molecule has 0 atom stereocenters. The number of nitrogen functional groups attached to an aromatic ring is 1. The average molecular weight is 262 g/mol. The highest BCUT2D eigenvalue weighted by atomic mass is 35.5. The van der Waals surface area contributed by atoms with Gasteiger partial charge in [-0.2, -0.15) is 4.68 Å². The Balaban J connectivity index is 2.91. The Morgan fingerprint density at radius 3 is 2.59 bits per heavy atom. The van der Waals surface area contributed by atoms with Crippen LogP contribution < -0.4 is 16.8 Å². The van der Waals surface area contributed by atoms with Crippen LogP contribution in [0.2, 0.25) is 0 Å². The highest BCUT2D eigenvalue weighted by Gasteiger charge is 2.23. The zero-order chi connectivity index (χ0) is 13.2. The molecule has 0 spiro atoms. The third-order valence-electron chi connectivity index (χ3n) is 2.34. The maximum atomic E-state index is 11.8. The van der Waals surface area contributed by atoms with Gasteiger partial charge in [-0.25, -0.2) is 9.59 Å². The zero-order valence-electron chi connectivity index (χ0n) is 10.0. The van der Waals surface area contributed by atoms with E-state index in [4.69, 9.17) is 17.4 Å². The summed E-state index contributed by atoms with van der Waals surface area (Å²) in [5.74, 6) is 6.06. The quantitative estimate of drug-likeness (QED) is 0.593. The fraction of sp³-hybridized carbons (Fsp3) is 0.667. The van der Waals surface area contributed by atoms with Gasteiger partial charge in [0.05, 0.1) is 0 Å². The number of nitrogens with one attached hydrogen (secondary N) is 1. The van der Waals surface area contributed by atoms with Crippen molar-refractivity contribution in [1.29, 1.82) is 0 Å². The van der Waals surface area contributed by atoms with Crippen LogP contribution in [0.5, 0.6) is 0 Å². The minimum Gasteiger partial charge on any atom is -0.333 e. The molecule has 96 valence electrons. The van der Waals surface area contributed by atoms with Gasteiger partial charge >= 0.3 is 11.7 Å². The molecule has 0 unspecified atom stereocenters. The molecule has 7 nitrogen and oxygen atoms in total. The lowest BCUT2D eigenvalue weighted by Gasteiger charge is -2.24. The van der Waals surface area contributed by atoms with Crippen LogP contribution in [-0.2, 0) is 0 Å². The molecule has 3 N–H and O–H groups in total. The minimum atomic E-state index is -0.679. The van der Waals surface area contributed by atoms with Crippen molar-refractivity contribution in [2.75, 3.05) is 11.7 Å². The standard InChI is InChI=1S/C9H16ClN5O2/c1-6-13-15(8(17)14(6)11)7(16)12-9(2,3)4-5-10/h4-5,11H2,1-3H3,(H,12,16). The number of carbonyl (C=O) groups is 1. The summed E-state index contributed by atoms with van der Waals surface area (Å²) in [6, 6.07) is -0.614. The lowest BCUT2D eigenvalue weighted by molar-refractivity contribution is 0.226. The molecule has 0 saturated carbocycles. The van der Waals surface area contributed by atoms with Gasteiger partial charge in [0, 0.05) is 11.4 Å². The van der Waals surface area contributed by atoms with Gasteiger partial charge in [0.15, 0.2) is 5.82 Å². The van der Waals surface area contributed by atoms with Crippen molar-refractivity contribution < 1.29 is 4.79 Å². The van der Waals surface area contributed by atoms with Crippen molar-refractivity contribution in [2.24, 2.45) is 0 Å². The number of aryl methyl sites for hydroxylation is 1. The van der Waals surface area contributed by atoms with E-state index in [1.807, 2.05) is 13.8 Å². The van der Waals surface area contributed by atoms with Crippen LogP contribution in [-0.4, -0.2) is 31.9 Å². The van der Waals surface area contributed by atoms with Gasteiger partial charge in [-0.3, -0.25) is 0 Å². The molecule has 1 heterocycles. The first-order valence-corrected chi connectivity index (χ1v) is 5.64. The molecular weight excluding hydrogens is 246 g/mol. The van der Waals surface area contributed by atoms with Crippen molar-refractivity contribution in [2.45, 2.75) is 32.7 Å². The maximum Gasteiger partial charge on any atom is 0.373 e. The second-order valence-corrected chi connectivity index (χ2v) is 4.74. The van der Waals surface area contributed by atoms with Crippen molar-refractivity contribution in [3.05, 3.63) is 16.3 Å². The molecule has 0 aromatic carbocycles. The van der Waals surface area contributed by atoms with Gasteiger partial charge in [0.25, 0.3) is 0 Å². The van der Waals surface area contributed by atoms with Gasteiger partial charge in [0.2, 0.25) is 0 Å². The first kappa shape index (κ1) is 13.6. The monoisotopic (exact) mass is 261 g/mol. The zero-order valence-corrected chi connectivity index (χ0v) is 10.8. The van der Waals surface area contributed by atoms with Crippen LogP contribution >= 0.6 is 11.6 Å². The second kappa shape index (κ2) is 4.79. The first-order chi connectivity index (χ1) is 7.78. The van der Waals surface area contributed by atoms with E-state index in [9.17, 15) is 9.59 Å². The Labute approximate surface area is 104 Å². The molecule has 8 heteroatoms. The molecule has 1 aromatic rings. The smallest absolute Gasteiger partial charge is 0.333 e. The van der Waals surface area contributed by atoms with Crippen LogP contribution in [0.4, 0.5) is 4.79 Å². The number of halogens is 1. The van der Waals surface area contributed by atoms with E-state index in [2.05, 4.69) is 10.4 Å². The molecular formula is C9H16ClN5O2. The molecule has 1 aromatic heterocycles. The van der Waals surface area contributed by atoms with E-state index in [1.54, 1.807) is 0 Å². The number of amides is 1. The number of nitrogens with two attached hydrogens (primary N) is 1. The lowest BCUT2D eigenvalue weighted by Crippen LogP contribution is -2.49. The Morgan fingerprint density at radius 2 is 2.18 bits per heavy atom. The largest absolute Gasteiger partial charge is 0.373 e. The van der Waals surface area contributed by atoms with Gasteiger partial charge in [0.1, 0.15) is 0 Å². The third kappa shape index (κ3) is 3.00. The summed E-state index contributed by atoms with van der Waals surface area (Å²) in [7, 11) is 0. The Bertz CT molecular complexity index is 476. The summed E-state index contributed by atoms with van der Waals surface area (Å²) < 4.78 is 1.51. The van der Waals surface area contributed by atoms with Crippen LogP contribution in [0.15, 0.2) is 4.79 Å². The number of rotatable bonds is 3. The Hall–Kier alpha value is -1.50. The molecule has 0 saturated heterocycles. The molecule has 0 aliphatic heterocycles. The fourth-order valence-electron chi connectivity index (χ4n) is 1.25. The average Bonchev–Trinajstić information content (AvgIpc) is 2.45. The van der Waals surface area contributed by atoms with Gasteiger partial charge in [-0.1, -0.05) is 0 Å². The summed E-state index contributed by atoms with van der Waals surface area (Å²) in [4.78, 5) is 23.3. The number of nitrogens with zero attached hydrogens (tertiary/aromatic N) is 3. The topological polar surface area (TPSA) is 94.9 Å². The molecule has 17 heavy (non-hydrogen) atoms. The number of aromatic nitrogens is 3. The number of carbonyl (C=O) groups excluding carboxylic acids is 1. The van der Waals surface area contributed by atoms with Crippen LogP contribution in [0.3, 0.4) is 0 Å². The van der Waals surface area contributed by atoms with E-state index < -0.39 is 17.3 Å². The Kier molecular flexibility index (Phi) is 3.82. The summed E-state index contributed by atoms with van der Waals surface area (Å²) in [5.41, 5.74) is -1.19. The summed E-state index contributed by atoms with van der Waals surface area (Å²) in [6.45, 7) is 5.16. The van der Waals surface area contributed by atoms with Gasteiger partial charge in [-0.15, -0.1) is 21.4 Å². The highest BCUT2D eigenvalue weighted by Crippen LogP contribution is 2.09. The van der Waals surface area contributed by atoms with Gasteiger partial charge < -0.3 is 11.2 Å². The van der Waals surface area contributed by atoms with E-state index in [0.29, 0.717) is 17.0 Å². The normalized spacial score (nSPS) is 11.5. The Morgan fingerprint density at radius 1 is 1.59 bits per heavy atom. The van der Waals surface area contributed by atoms with E-state index in [-0.39, 0.29) is 5.82 Å². The first-order valence-electron chi connectivity index (χ1n) is 5.11. The van der Waals surface area contributed by atoms with Crippen LogP contribution in [0, 0.1) is 6.92 Å². The molecule has 1 amide bonds. The number of hydrogen-bond donors (Lipinski definition) is 2. The molecule has 1 rings (SSSR count). The second-order valence-electron chi connectivity index (χ2n) is 4.36. The third-order valence-corrected chi connectivity index (χ3v) is 2.53. The maximum absolute atomic E-state index is 11.8. The summed E-state index contributed by atoms with van der Waals surface area (Å²) >= 11 is 5.62. The number of alkyl halides is 1. The molecule has 0 aliphatic carbocycles. The van der Waals surface area contributed by atoms with Crippen molar-refractivity contribution >= 4 is 17.6 Å². The van der Waals surface area contributed by atoms with Gasteiger partial charge in [-0.05, 0) is 27.2 Å². The van der Waals surface area contributed by atoms with E-state index in [1.165, 1.54) is 6.92 Å². The van der Waals surface area contributed by atoms with E-state index in [0.717, 1.165) is 4.68 Å². The fourth-order valence-corrected chi connectivity index (χ4v) is 1.72. The van der Waals surface area contributed by atoms with Crippen molar-refractivity contribution in [3.8, 4) is 0 Å². The van der Waals surface area contributed by atoms with Crippen LogP contribution in [0.25, 0.3) is 0 Å². The predicted octanol–water partition coefficient (Wildman–Crippen LogP) is 0.0322. The highest BCUT2D eigenvalue weighted by molar-refractivity contribution is 6.17. The van der Waals surface area contributed by atoms with Crippen molar-refractivity contribution in [3.63, 3.8) is 0 Å². The molecule has 0 bridgehead atoms. The number of hydrogen-bond acceptors (Lipinski definition) is 4. The molecule has 0 fully saturated rings. The SMILES string of the molecule is Cc1nn(C(=O)NC(C)(C)CCCl)c(=O)n1N. The molecule has 0 aliphatic rings. The van der Waals surface area contributed by atoms with E-state index >= 15 is 0 Å². The summed E-state index contributed by atoms with van der Waals surface area (Å²) in [6.07, 6.45) is 0.581. The van der Waals surface area contributed by atoms with Crippen LogP contribution in [0.1, 0.15) is 26.1 Å². The molecule has 0 radical (unpaired) electrons. The minimum absolute atomic E-state index is 0.264. The van der Waals surface area contributed by atoms with Crippen molar-refractivity contribution in [1.82, 2.24) is 19.8 Å². The summed E-state index contributed by atoms with van der Waals surface area (Å²) in [5, 5.41) is 6.41.